The number of aliphatic imine (C=N–C) groups is 4. The normalized spacial score (nSPS) is 32.1. The minimum atomic E-state index is -0.540. The van der Waals surface area contributed by atoms with Gasteiger partial charge in [0.15, 0.2) is 0 Å². The van der Waals surface area contributed by atoms with Crippen LogP contribution < -0.4 is 11.1 Å². The van der Waals surface area contributed by atoms with Gasteiger partial charge in [-0.3, -0.25) is 49.3 Å². The summed E-state index contributed by atoms with van der Waals surface area (Å²) in [7, 11) is 0. The van der Waals surface area contributed by atoms with E-state index in [-0.39, 0.29) is 147 Å². The van der Waals surface area contributed by atoms with Crippen molar-refractivity contribution in [3.05, 3.63) is 177 Å². The van der Waals surface area contributed by atoms with E-state index in [0.29, 0.717) is 61.4 Å². The lowest BCUT2D eigenvalue weighted by atomic mass is 9.55. The molecular formula is C94H120ClN7O14. The number of fused-ring (bicyclic) bond motifs is 10. The molecule has 18 rings (SSSR count). The highest BCUT2D eigenvalue weighted by atomic mass is 35.5. The molecule has 22 atom stereocenters. The molecule has 1 unspecified atom stereocenters. The van der Waals surface area contributed by atoms with Gasteiger partial charge in [-0.1, -0.05) is 138 Å². The zero-order valence-corrected chi connectivity index (χ0v) is 66.7. The first-order chi connectivity index (χ1) is 54.6. The van der Waals surface area contributed by atoms with E-state index in [1.165, 1.54) is 51.7 Å². The number of rotatable bonds is 12. The number of nitro groups is 1. The Morgan fingerprint density at radius 2 is 1.12 bits per heavy atom. The molecule has 0 aromatic heterocycles. The van der Waals surface area contributed by atoms with Gasteiger partial charge in [-0.05, 0) is 206 Å². The second-order valence-corrected chi connectivity index (χ2v) is 33.9. The van der Waals surface area contributed by atoms with Crippen molar-refractivity contribution in [1.29, 1.82) is 0 Å². The molecule has 7 aliphatic heterocycles. The van der Waals surface area contributed by atoms with Crippen molar-refractivity contribution < 1.29 is 61.7 Å². The van der Waals surface area contributed by atoms with Crippen molar-refractivity contribution in [1.82, 2.24) is 5.32 Å². The Morgan fingerprint density at radius 3 is 1.63 bits per heavy atom. The smallest absolute Gasteiger partial charge is 0.407 e. The molecule has 14 aliphatic rings. The van der Waals surface area contributed by atoms with Gasteiger partial charge in [0.1, 0.15) is 36.3 Å². The first-order valence-corrected chi connectivity index (χ1v) is 41.7. The number of halogens is 1. The Balaban J connectivity index is 0.000000147. The van der Waals surface area contributed by atoms with Crippen molar-refractivity contribution in [3.8, 4) is 0 Å². The molecule has 4 aromatic carbocycles. The van der Waals surface area contributed by atoms with Crippen molar-refractivity contribution in [2.45, 2.75) is 235 Å². The van der Waals surface area contributed by atoms with Crippen LogP contribution in [-0.2, 0) is 77.6 Å². The lowest BCUT2D eigenvalue weighted by Crippen LogP contribution is -2.51. The molecule has 5 saturated carbocycles. The summed E-state index contributed by atoms with van der Waals surface area (Å²) in [6.07, 6.45) is 27.6. The van der Waals surface area contributed by atoms with Gasteiger partial charge in [-0.15, -0.1) is 0 Å². The minimum absolute atomic E-state index is 0. The molecule has 0 radical (unpaired) electrons. The summed E-state index contributed by atoms with van der Waals surface area (Å²) in [4.78, 5) is 102. The molecule has 3 saturated heterocycles. The van der Waals surface area contributed by atoms with Crippen LogP contribution in [0.5, 0.6) is 0 Å². The van der Waals surface area contributed by atoms with Gasteiger partial charge in [0.05, 0.1) is 47.1 Å². The molecule has 116 heavy (non-hydrogen) atoms. The average Bonchev–Trinajstić information content (AvgIpc) is 1.55. The molecule has 1 amide bonds. The van der Waals surface area contributed by atoms with Crippen LogP contribution >= 0.6 is 11.9 Å². The van der Waals surface area contributed by atoms with Crippen LogP contribution in [0.3, 0.4) is 0 Å². The summed E-state index contributed by atoms with van der Waals surface area (Å²) in [6.45, 7) is 14.1. The lowest BCUT2D eigenvalue weighted by molar-refractivity contribution is -0.524. The summed E-state index contributed by atoms with van der Waals surface area (Å²) in [5, 5.41) is 14.3. The second kappa shape index (κ2) is 38.9. The predicted molar refractivity (Wildman–Crippen MR) is 453 cm³/mol. The summed E-state index contributed by atoms with van der Waals surface area (Å²) < 4.78 is 31.2. The predicted octanol–water partition coefficient (Wildman–Crippen LogP) is 18.9. The number of cyclic esters (lactones) is 3. The number of allylic oxidation sites excluding steroid dienone is 4. The Hall–Kier alpha value is -9.21. The molecule has 22 heteroatoms. The van der Waals surface area contributed by atoms with Gasteiger partial charge < -0.3 is 39.0 Å². The third-order valence-electron chi connectivity index (χ3n) is 26.6. The molecule has 0 spiro atoms. The van der Waals surface area contributed by atoms with E-state index in [1.807, 2.05) is 94.5 Å². The number of para-hydroxylation sites is 4. The topological polar surface area (TPSA) is 288 Å². The van der Waals surface area contributed by atoms with Gasteiger partial charge in [-0.2, -0.15) is 0 Å². The van der Waals surface area contributed by atoms with Crippen molar-refractivity contribution in [2.24, 2.45) is 114 Å². The third kappa shape index (κ3) is 19.5. The summed E-state index contributed by atoms with van der Waals surface area (Å²) in [5.41, 5.74) is 22.5. The molecule has 7 aliphatic carbocycles. The molecule has 21 nitrogen and oxygen atoms in total. The summed E-state index contributed by atoms with van der Waals surface area (Å²) in [6, 6.07) is 32.9. The number of hydrogen-bond acceptors (Lipinski definition) is 19. The van der Waals surface area contributed by atoms with E-state index in [9.17, 15) is 38.9 Å². The summed E-state index contributed by atoms with van der Waals surface area (Å²) in [5.74, 6) is 3.03. The number of alkyl carbamates (subject to hydrolysis) is 1. The number of nitrogens with one attached hydrogen (secondary N) is 1. The highest BCUT2D eigenvalue weighted by Gasteiger charge is 2.60. The molecule has 4 aromatic rings. The maximum Gasteiger partial charge on any atom is 0.407 e. The molecule has 622 valence electrons. The van der Waals surface area contributed by atoms with E-state index in [2.05, 4.69) is 101 Å². The van der Waals surface area contributed by atoms with Crippen LogP contribution in [0, 0.1) is 98.9 Å². The Kier molecular flexibility index (Phi) is 29.4. The standard InChI is InChI=1S/C24H30N2O4.C22H25NO2.C21H22N2O4.C21H26N2O2.C3H5ClO2.3CH4/c1-3-29-24(28)25-16-8-9-17-15(10-16)11-18-21(13(2)30-23(18)27)22(17)20-12-14-6-4-5-7-19(14)26-20;1-16-6-5-7-18(14-16)11-13-22(24)25-17(2)10-12-20-15-19-8-3-4-9-21(19)23-20;1-11-19-16(21(24)27-11)9-13-8-14(23(25)26)6-7-15(13)20(19)18-10-12-4-2-3-5-17(12)22-18;1-11-19-16(21(24)25-11)9-13-8-14(22)6-7-15(13)20(19)18-10-12-4-2-3-5-17(12)23-18;1-2-3(5)6-4;;;/h4-7,13,15-18,21-22H,3,8-12H2,1-2H3,(H,25,28);3-4,7-13,16-17H,5-6,14-15H2,1-2H3;2-5,9,11,14-16,19-20H,6-8,10H2,1H3;2-5,11,13-16,19-20H,6-10,22H2,1H3;2H2,1H3;3*1H4/b;12-10-,13-11+;;;;;;/t13-,15+,16-,17-,18-,21-,22-;16?,17-;11-,14-,15-,16-,19-,20-;11-,13+,14-,15-,16-,19-,20-;;;;/m1111..../s1. The minimum Gasteiger partial charge on any atom is -0.462 e. The van der Waals surface area contributed by atoms with Gasteiger partial charge >= 0.3 is 35.9 Å². The van der Waals surface area contributed by atoms with Crippen LogP contribution in [0.1, 0.15) is 189 Å². The number of carbonyl (C=O) groups excluding carboxylic acids is 6. The third-order valence-corrected chi connectivity index (χ3v) is 26.8. The molecule has 8 fully saturated rings. The number of ether oxygens (including phenoxy) is 5. The largest absolute Gasteiger partial charge is 0.462 e. The second-order valence-electron chi connectivity index (χ2n) is 33.7. The van der Waals surface area contributed by atoms with E-state index in [4.69, 9.17) is 44.4 Å². The van der Waals surface area contributed by atoms with Crippen LogP contribution in [0.2, 0.25) is 0 Å². The van der Waals surface area contributed by atoms with Crippen LogP contribution in [-0.4, -0.2) is 113 Å². The monoisotopic (exact) mass is 1610 g/mol. The fourth-order valence-corrected chi connectivity index (χ4v) is 21.7. The van der Waals surface area contributed by atoms with E-state index in [1.54, 1.807) is 6.92 Å². The quantitative estimate of drug-likeness (QED) is 0.0333. The van der Waals surface area contributed by atoms with Crippen molar-refractivity contribution in [2.75, 3.05) is 6.61 Å². The lowest BCUT2D eigenvalue weighted by Gasteiger charge is -2.48. The maximum atomic E-state index is 12.7. The Labute approximate surface area is 690 Å². The maximum absolute atomic E-state index is 12.7. The number of hydrogen-bond donors (Lipinski definition) is 2. The Bertz CT molecular complexity index is 4520. The Morgan fingerprint density at radius 1 is 0.612 bits per heavy atom. The number of carbonyl (C=O) groups is 6. The molecule has 0 bridgehead atoms. The molecular weight excluding hydrogens is 1490 g/mol. The fraction of sp³-hybridized carbons (Fsp3) is 0.553. The van der Waals surface area contributed by atoms with Gasteiger partial charge in [-0.25, -0.2) is 9.59 Å². The van der Waals surface area contributed by atoms with Crippen LogP contribution in [0.4, 0.5) is 27.5 Å². The van der Waals surface area contributed by atoms with Gasteiger partial charge in [0, 0.05) is 126 Å². The average molecular weight is 1610 g/mol. The first-order valence-electron chi connectivity index (χ1n) is 41.4. The zero-order valence-electron chi connectivity index (χ0n) is 66.0. The van der Waals surface area contributed by atoms with Gasteiger partial charge in [0.25, 0.3) is 0 Å². The van der Waals surface area contributed by atoms with Crippen LogP contribution in [0.15, 0.2) is 165 Å². The highest BCUT2D eigenvalue weighted by molar-refractivity contribution is 6.13. The first kappa shape index (κ1) is 87.6. The molecule has 7 heterocycles. The number of nitrogens with two attached hydrogens (primary N) is 1. The van der Waals surface area contributed by atoms with E-state index < -0.39 is 12.0 Å². The SMILES string of the molecule is C.C.C.CC1CCC=C(/C=C/C(=O)O[C@H](C)/C=C\C2=Nc3ccccc3C2)C1.CCC(=O)OCl.CCOC(=O)N[C@@H]1CC[C@@H]2[C@@H](C1)C[C@H]1C(=O)O[C@H](C)[C@H]1[C@H]2C1=Nc2ccccc2C1.C[C@H]1OC(=O)[C@@H]2C=C3C[C@H]([N+](=O)[O-])CC[C@H]3[C@H](C3=Nc4ccccc4C3)[C@H]12.C[C@H]1OC(=O)[C@@H]2C[C@@H]3C[C@H](N)CC[C@H]3[C@H](C3=Nc4ccccc4C3)[C@H]12. The van der Waals surface area contributed by atoms with E-state index >= 15 is 0 Å². The van der Waals surface area contributed by atoms with Crippen LogP contribution in [0.25, 0.3) is 0 Å². The number of amides is 1. The number of nitrogens with zero attached hydrogens (tertiary/aromatic N) is 5. The number of esters is 4. The fourth-order valence-electron chi connectivity index (χ4n) is 21.6. The summed E-state index contributed by atoms with van der Waals surface area (Å²) >= 11 is 4.60. The number of benzene rings is 4. The van der Waals surface area contributed by atoms with Gasteiger partial charge in [0.2, 0.25) is 6.04 Å². The highest BCUT2D eigenvalue weighted by Crippen LogP contribution is 2.58. The zero-order chi connectivity index (χ0) is 79.3. The molecule has 3 N–H and O–H groups in total. The van der Waals surface area contributed by atoms with Crippen molar-refractivity contribution >= 4 is 93.4 Å². The van der Waals surface area contributed by atoms with Crippen molar-refractivity contribution in [3.63, 3.8) is 0 Å². The van der Waals surface area contributed by atoms with E-state index in [0.717, 1.165) is 136 Å².